The van der Waals surface area contributed by atoms with E-state index < -0.39 is 127 Å². The monoisotopic (exact) mass is 985 g/mol. The van der Waals surface area contributed by atoms with Crippen LogP contribution >= 0.6 is 0 Å². The first-order chi connectivity index (χ1) is 34.1. The van der Waals surface area contributed by atoms with E-state index in [4.69, 9.17) is 33.3 Å². The Bertz CT molecular complexity index is 2380. The van der Waals surface area contributed by atoms with Gasteiger partial charge >= 0.3 is 11.9 Å². The van der Waals surface area contributed by atoms with Gasteiger partial charge in [-0.25, -0.2) is 0 Å². The van der Waals surface area contributed by atoms with Crippen LogP contribution in [-0.4, -0.2) is 164 Å². The second-order valence-corrected chi connectivity index (χ2v) is 20.0. The summed E-state index contributed by atoms with van der Waals surface area (Å²) in [6.45, 7) is 4.27. The molecule has 2 bridgehead atoms. The van der Waals surface area contributed by atoms with Crippen LogP contribution in [0.3, 0.4) is 0 Å². The number of nitrogens with one attached hydrogen (secondary N) is 1. The molecule has 6 N–H and O–H groups in total. The number of aliphatic hydroxyl groups is 5. The summed E-state index contributed by atoms with van der Waals surface area (Å²) in [5, 5.41) is 55.1. The number of ether oxygens (including phenoxy) is 6. The van der Waals surface area contributed by atoms with E-state index in [-0.39, 0.29) is 39.0 Å². The van der Waals surface area contributed by atoms with Crippen LogP contribution in [0.1, 0.15) is 75.1 Å². The van der Waals surface area contributed by atoms with Gasteiger partial charge in [-0.1, -0.05) is 97.1 Å². The second kappa shape index (κ2) is 20.8. The number of carbonyl (C=O) groups excluding carboxylic acids is 4. The number of nitrogens with zero attached hydrogens (tertiary/aromatic N) is 2. The van der Waals surface area contributed by atoms with E-state index in [0.29, 0.717) is 35.1 Å². The van der Waals surface area contributed by atoms with E-state index in [0.717, 1.165) is 0 Å². The fraction of sp³-hybridized carbons (Fsp3) is 0.538. The first-order valence-electron chi connectivity index (χ1n) is 24.3. The molecule has 5 saturated heterocycles. The van der Waals surface area contributed by atoms with Gasteiger partial charge in [-0.3, -0.25) is 24.0 Å². The summed E-state index contributed by atoms with van der Waals surface area (Å²) < 4.78 is 37.1. The summed E-state index contributed by atoms with van der Waals surface area (Å²) in [5.74, 6) is -3.67. The second-order valence-electron chi connectivity index (χ2n) is 20.0. The zero-order chi connectivity index (χ0) is 50.2. The van der Waals surface area contributed by atoms with Gasteiger partial charge < -0.3 is 64.2 Å². The number of likely N-dealkylation sites (tertiary alicyclic amines) is 1. The molecule has 1 saturated carbocycles. The SMILES string of the molecule is CC(C)(C)OC(=O)CCC(CO)NC(=O)C1CCCN1C(=O)C12CC3OC(=O)C1N(Cc1ccccc1C=CCOC1OC(CO)C(O)C(O)C1O)OC2C1OC(c2ccccc2)(c2ccccc2)OC31. The van der Waals surface area contributed by atoms with E-state index in [2.05, 4.69) is 5.32 Å². The molecule has 3 aromatic carbocycles. The molecule has 13 unspecified atom stereocenters. The molecule has 6 aliphatic rings. The lowest BCUT2D eigenvalue weighted by Gasteiger charge is -2.50. The van der Waals surface area contributed by atoms with Crippen molar-refractivity contribution in [1.82, 2.24) is 15.3 Å². The van der Waals surface area contributed by atoms with Gasteiger partial charge in [0.05, 0.1) is 32.4 Å². The fourth-order valence-corrected chi connectivity index (χ4v) is 10.9. The van der Waals surface area contributed by atoms with E-state index >= 15 is 4.79 Å². The number of amides is 2. The van der Waals surface area contributed by atoms with Crippen molar-refractivity contribution in [2.24, 2.45) is 5.41 Å². The van der Waals surface area contributed by atoms with Gasteiger partial charge in [-0.05, 0) is 51.2 Å². The third kappa shape index (κ3) is 9.78. The molecule has 9 rings (SSSR count). The molecule has 5 heterocycles. The van der Waals surface area contributed by atoms with Gasteiger partial charge in [0.15, 0.2) is 12.3 Å². The van der Waals surface area contributed by atoms with Crippen molar-refractivity contribution >= 4 is 29.8 Å². The third-order valence-corrected chi connectivity index (χ3v) is 14.2. The summed E-state index contributed by atoms with van der Waals surface area (Å²) in [4.78, 5) is 65.9. The topological polar surface area (TPSA) is 253 Å². The molecule has 1 aliphatic carbocycles. The van der Waals surface area contributed by atoms with Crippen molar-refractivity contribution in [1.29, 1.82) is 0 Å². The Morgan fingerprint density at radius 1 is 0.901 bits per heavy atom. The van der Waals surface area contributed by atoms with E-state index in [1.807, 2.05) is 84.9 Å². The number of carbonyl (C=O) groups is 4. The van der Waals surface area contributed by atoms with Crippen LogP contribution in [0.4, 0.5) is 0 Å². The van der Waals surface area contributed by atoms with Crippen LogP contribution in [0.25, 0.3) is 6.08 Å². The molecular weight excluding hydrogens is 923 g/mol. The fourth-order valence-electron chi connectivity index (χ4n) is 10.9. The third-order valence-electron chi connectivity index (χ3n) is 14.2. The Labute approximate surface area is 411 Å². The average Bonchev–Trinajstić information content (AvgIpc) is 4.11. The summed E-state index contributed by atoms with van der Waals surface area (Å²) in [5.41, 5.74) is 0.346. The lowest BCUT2D eigenvalue weighted by Crippen LogP contribution is -2.70. The highest BCUT2D eigenvalue weighted by atomic mass is 16.8. The van der Waals surface area contributed by atoms with Crippen LogP contribution in [-0.2, 0) is 64.8 Å². The number of rotatable bonds is 16. The number of hydrogen-bond donors (Lipinski definition) is 6. The number of hydroxylamine groups is 2. The Balaban J connectivity index is 1.02. The lowest BCUT2D eigenvalue weighted by molar-refractivity contribution is -0.298. The van der Waals surface area contributed by atoms with Crippen molar-refractivity contribution in [2.75, 3.05) is 26.4 Å². The van der Waals surface area contributed by atoms with Crippen molar-refractivity contribution < 1.29 is 78.0 Å². The quantitative estimate of drug-likeness (QED) is 0.112. The molecule has 0 spiro atoms. The van der Waals surface area contributed by atoms with Crippen LogP contribution < -0.4 is 5.32 Å². The molecule has 5 aliphatic heterocycles. The molecule has 6 fully saturated rings. The molecule has 2 amide bonds. The zero-order valence-corrected chi connectivity index (χ0v) is 39.9. The molecule has 0 aromatic heterocycles. The van der Waals surface area contributed by atoms with Crippen LogP contribution in [0.2, 0.25) is 0 Å². The van der Waals surface area contributed by atoms with Crippen molar-refractivity contribution in [3.05, 3.63) is 113 Å². The van der Waals surface area contributed by atoms with Gasteiger partial charge in [0.2, 0.25) is 17.6 Å². The molecule has 382 valence electrons. The van der Waals surface area contributed by atoms with Crippen molar-refractivity contribution in [3.63, 3.8) is 0 Å². The Morgan fingerprint density at radius 3 is 2.25 bits per heavy atom. The minimum Gasteiger partial charge on any atom is -0.460 e. The average molecular weight is 986 g/mol. The number of esters is 2. The normalized spacial score (nSPS) is 32.6. The molecule has 71 heavy (non-hydrogen) atoms. The first kappa shape index (κ1) is 50.8. The molecule has 0 radical (unpaired) electrons. The van der Waals surface area contributed by atoms with E-state index in [9.17, 15) is 39.9 Å². The zero-order valence-electron chi connectivity index (χ0n) is 39.9. The van der Waals surface area contributed by atoms with Gasteiger partial charge in [0.1, 0.15) is 65.9 Å². The Kier molecular flexibility index (Phi) is 14.8. The highest BCUT2D eigenvalue weighted by Gasteiger charge is 2.77. The number of aliphatic hydroxyl groups excluding tert-OH is 5. The van der Waals surface area contributed by atoms with E-state index in [1.165, 1.54) is 9.96 Å². The van der Waals surface area contributed by atoms with Crippen LogP contribution in [0.5, 0.6) is 0 Å². The highest BCUT2D eigenvalue weighted by Crippen LogP contribution is 2.60. The van der Waals surface area contributed by atoms with Crippen LogP contribution in [0.15, 0.2) is 91.0 Å². The molecule has 13 atom stereocenters. The number of hydrogen-bond acceptors (Lipinski definition) is 17. The summed E-state index contributed by atoms with van der Waals surface area (Å²) in [6.07, 6.45) is -6.90. The summed E-state index contributed by atoms with van der Waals surface area (Å²) in [6, 6.07) is 23.0. The lowest BCUT2D eigenvalue weighted by atomic mass is 9.62. The van der Waals surface area contributed by atoms with E-state index in [1.54, 1.807) is 32.9 Å². The predicted octanol–water partition coefficient (Wildman–Crippen LogP) is 1.59. The highest BCUT2D eigenvalue weighted by molar-refractivity contribution is 5.96. The minimum atomic E-state index is -1.64. The number of benzene rings is 3. The maximum absolute atomic E-state index is 15.8. The van der Waals surface area contributed by atoms with Gasteiger partial charge in [0.25, 0.3) is 0 Å². The molecule has 19 nitrogen and oxygen atoms in total. The first-order valence-corrected chi connectivity index (χ1v) is 24.3. The van der Waals surface area contributed by atoms with Crippen molar-refractivity contribution in [2.45, 2.75) is 144 Å². The van der Waals surface area contributed by atoms with Crippen LogP contribution in [0, 0.1) is 5.41 Å². The number of fused-ring (bicyclic) bond motifs is 4. The molecule has 3 aromatic rings. The maximum atomic E-state index is 15.8. The van der Waals surface area contributed by atoms with Gasteiger partial charge in [0, 0.05) is 30.5 Å². The predicted molar refractivity (Wildman–Crippen MR) is 249 cm³/mol. The summed E-state index contributed by atoms with van der Waals surface area (Å²) >= 11 is 0. The Morgan fingerprint density at radius 2 is 1.58 bits per heavy atom. The minimum absolute atomic E-state index is 0.00950. The Hall–Kier alpha value is -5.16. The standard InChI is InChI=1S/C52H63N3O16/c1-50(2,3)68-38(58)23-22-34(28-56)53-46(62)35-21-12-24-54(35)49(64)51-26-36-42-43(70-52(69-42,32-17-6-4-7-18-32)33-19-8-5-9-20-33)45(51)71-55(44(51)47(63)66-36)27-31-15-11-10-14-30(31)16-13-25-65-48-41(61)40(60)39(59)37(29-57)67-48/h4-11,13-20,34-37,39-45,48,56-57,59-61H,12,21-29H2,1-3H3,(H,53,62). The van der Waals surface area contributed by atoms with Gasteiger partial charge in [-0.15, -0.1) is 0 Å². The molecular formula is C52H63N3O16. The van der Waals surface area contributed by atoms with Gasteiger partial charge in [-0.2, -0.15) is 5.06 Å². The smallest absolute Gasteiger partial charge is 0.327 e. The summed E-state index contributed by atoms with van der Waals surface area (Å²) in [7, 11) is 0. The maximum Gasteiger partial charge on any atom is 0.327 e. The largest absolute Gasteiger partial charge is 0.460 e. The van der Waals surface area contributed by atoms with Crippen molar-refractivity contribution in [3.8, 4) is 0 Å². The molecule has 19 heteroatoms.